The number of rotatable bonds is 2. The molecule has 0 aliphatic carbocycles. The number of hydrogen-bond donors (Lipinski definition) is 1. The molecular formula is C20H18F6N2O. The van der Waals surface area contributed by atoms with Gasteiger partial charge in [-0.05, 0) is 43.2 Å². The van der Waals surface area contributed by atoms with E-state index < -0.39 is 29.5 Å². The molecule has 3 nitrogen and oxygen atoms in total. The first kappa shape index (κ1) is 21.0. The lowest BCUT2D eigenvalue weighted by molar-refractivity contribution is -0.143. The molecule has 1 aliphatic rings. The Hall–Kier alpha value is -2.71. The van der Waals surface area contributed by atoms with Crippen molar-refractivity contribution in [2.24, 2.45) is 0 Å². The topological polar surface area (TPSA) is 32.3 Å². The van der Waals surface area contributed by atoms with E-state index in [9.17, 15) is 31.1 Å². The average Bonchev–Trinajstić information content (AvgIpc) is 2.59. The lowest BCUT2D eigenvalue weighted by Crippen LogP contribution is -2.43. The second kappa shape index (κ2) is 7.27. The van der Waals surface area contributed by atoms with Gasteiger partial charge in [-0.2, -0.15) is 26.3 Å². The fourth-order valence-corrected chi connectivity index (χ4v) is 3.67. The molecule has 0 unspecified atom stereocenters. The van der Waals surface area contributed by atoms with Crippen LogP contribution >= 0.6 is 0 Å². The maximum atomic E-state index is 13.1. The van der Waals surface area contributed by atoms with E-state index in [1.54, 1.807) is 36.1 Å². The highest BCUT2D eigenvalue weighted by Crippen LogP contribution is 2.41. The maximum absolute atomic E-state index is 13.1. The van der Waals surface area contributed by atoms with Crippen LogP contribution in [-0.4, -0.2) is 11.9 Å². The molecule has 0 saturated heterocycles. The summed E-state index contributed by atoms with van der Waals surface area (Å²) in [6.45, 7) is 3.18. The normalized spacial score (nSPS) is 19.7. The van der Waals surface area contributed by atoms with Crippen LogP contribution in [0.1, 0.15) is 43.0 Å². The molecule has 1 heterocycles. The Bertz CT molecular complexity index is 890. The van der Waals surface area contributed by atoms with Crippen molar-refractivity contribution in [2.75, 3.05) is 10.2 Å². The Morgan fingerprint density at radius 2 is 1.55 bits per heavy atom. The van der Waals surface area contributed by atoms with Gasteiger partial charge in [-0.15, -0.1) is 0 Å². The standard InChI is InChI=1S/C20H18F6N2O/c1-11-7-17(16-5-3-4-6-18(16)28(11)12(2)29)27-15-9-13(19(21,22)23)8-14(10-15)20(24,25)26/h3-6,8-11,17,27H,7H2,1-2H3/t11-,17+/m1/s1. The zero-order valence-electron chi connectivity index (χ0n) is 15.5. The summed E-state index contributed by atoms with van der Waals surface area (Å²) < 4.78 is 78.7. The van der Waals surface area contributed by atoms with Gasteiger partial charge in [0.2, 0.25) is 5.91 Å². The Balaban J connectivity index is 2.03. The van der Waals surface area contributed by atoms with Gasteiger partial charge in [0.1, 0.15) is 0 Å². The van der Waals surface area contributed by atoms with Crippen LogP contribution in [0.4, 0.5) is 37.7 Å². The Labute approximate surface area is 163 Å². The SMILES string of the molecule is CC(=O)N1c2ccccc2[C@@H](Nc2cc(C(F)(F)F)cc(C(F)(F)F)c2)C[C@H]1C. The molecule has 3 rings (SSSR count). The van der Waals surface area contributed by atoms with Crippen molar-refractivity contribution in [1.82, 2.24) is 0 Å². The van der Waals surface area contributed by atoms with Gasteiger partial charge in [-0.3, -0.25) is 4.79 Å². The quantitative estimate of drug-likeness (QED) is 0.607. The third kappa shape index (κ3) is 4.33. The number of hydrogen-bond acceptors (Lipinski definition) is 2. The van der Waals surface area contributed by atoms with E-state index in [4.69, 9.17) is 0 Å². The third-order valence-electron chi connectivity index (χ3n) is 4.86. The van der Waals surface area contributed by atoms with E-state index in [0.717, 1.165) is 0 Å². The lowest BCUT2D eigenvalue weighted by atomic mass is 9.91. The summed E-state index contributed by atoms with van der Waals surface area (Å²) in [6.07, 6.45) is -9.50. The highest BCUT2D eigenvalue weighted by atomic mass is 19.4. The second-order valence-corrected chi connectivity index (χ2v) is 7.02. The molecule has 2 aromatic carbocycles. The molecule has 0 radical (unpaired) electrons. The molecule has 1 aliphatic heterocycles. The molecule has 0 aromatic heterocycles. The smallest absolute Gasteiger partial charge is 0.378 e. The second-order valence-electron chi connectivity index (χ2n) is 7.02. The number of halogens is 6. The molecule has 2 atom stereocenters. The Morgan fingerprint density at radius 1 is 1.00 bits per heavy atom. The van der Waals surface area contributed by atoms with E-state index in [1.807, 2.05) is 0 Å². The summed E-state index contributed by atoms with van der Waals surface area (Å²) >= 11 is 0. The number of carbonyl (C=O) groups is 1. The number of nitrogens with zero attached hydrogens (tertiary/aromatic N) is 1. The van der Waals surface area contributed by atoms with Crippen molar-refractivity contribution in [1.29, 1.82) is 0 Å². The monoisotopic (exact) mass is 416 g/mol. The minimum Gasteiger partial charge on any atom is -0.378 e. The molecule has 1 amide bonds. The zero-order valence-corrected chi connectivity index (χ0v) is 15.5. The summed E-state index contributed by atoms with van der Waals surface area (Å²) in [4.78, 5) is 13.6. The van der Waals surface area contributed by atoms with Gasteiger partial charge in [-0.1, -0.05) is 18.2 Å². The van der Waals surface area contributed by atoms with Crippen LogP contribution in [0.25, 0.3) is 0 Å². The highest BCUT2D eigenvalue weighted by molar-refractivity contribution is 5.93. The Morgan fingerprint density at radius 3 is 2.07 bits per heavy atom. The van der Waals surface area contributed by atoms with Crippen molar-refractivity contribution in [3.63, 3.8) is 0 Å². The highest BCUT2D eigenvalue weighted by Gasteiger charge is 2.38. The molecular weight excluding hydrogens is 398 g/mol. The first-order chi connectivity index (χ1) is 13.4. The van der Waals surface area contributed by atoms with Crippen LogP contribution < -0.4 is 10.2 Å². The molecule has 2 aromatic rings. The number of nitrogens with one attached hydrogen (secondary N) is 1. The van der Waals surface area contributed by atoms with Gasteiger partial charge in [0.05, 0.1) is 17.2 Å². The predicted molar refractivity (Wildman–Crippen MR) is 96.5 cm³/mol. The maximum Gasteiger partial charge on any atom is 0.416 e. The van der Waals surface area contributed by atoms with E-state index in [1.165, 1.54) is 6.92 Å². The van der Waals surface area contributed by atoms with Gasteiger partial charge in [0, 0.05) is 24.3 Å². The molecule has 0 spiro atoms. The number of anilines is 2. The number of alkyl halides is 6. The van der Waals surface area contributed by atoms with Crippen molar-refractivity contribution in [3.8, 4) is 0 Å². The van der Waals surface area contributed by atoms with Gasteiger partial charge < -0.3 is 10.2 Å². The average molecular weight is 416 g/mol. The summed E-state index contributed by atoms with van der Waals surface area (Å²) in [5, 5.41) is 2.81. The Kier molecular flexibility index (Phi) is 5.27. The van der Waals surface area contributed by atoms with Gasteiger partial charge in [-0.25, -0.2) is 0 Å². The number of para-hydroxylation sites is 1. The molecule has 0 bridgehead atoms. The van der Waals surface area contributed by atoms with Crippen molar-refractivity contribution >= 4 is 17.3 Å². The molecule has 9 heteroatoms. The fraction of sp³-hybridized carbons (Fsp3) is 0.350. The van der Waals surface area contributed by atoms with Crippen LogP contribution in [0.2, 0.25) is 0 Å². The van der Waals surface area contributed by atoms with Crippen LogP contribution in [0.15, 0.2) is 42.5 Å². The third-order valence-corrected chi connectivity index (χ3v) is 4.86. The predicted octanol–water partition coefficient (Wildman–Crippen LogP) is 6.02. The van der Waals surface area contributed by atoms with E-state index in [-0.39, 0.29) is 23.7 Å². The summed E-state index contributed by atoms with van der Waals surface area (Å²) in [5.41, 5.74) is -1.82. The van der Waals surface area contributed by atoms with Gasteiger partial charge in [0.25, 0.3) is 0 Å². The van der Waals surface area contributed by atoms with Crippen LogP contribution in [0, 0.1) is 0 Å². The molecule has 0 saturated carbocycles. The van der Waals surface area contributed by atoms with Crippen LogP contribution in [0.3, 0.4) is 0 Å². The first-order valence-corrected chi connectivity index (χ1v) is 8.82. The summed E-state index contributed by atoms with van der Waals surface area (Å²) in [7, 11) is 0. The minimum absolute atomic E-state index is 0.0973. The number of amides is 1. The molecule has 1 N–H and O–H groups in total. The van der Waals surface area contributed by atoms with Crippen molar-refractivity contribution in [3.05, 3.63) is 59.2 Å². The summed E-state index contributed by atoms with van der Waals surface area (Å²) in [6, 6.07) is 7.42. The molecule has 29 heavy (non-hydrogen) atoms. The van der Waals surface area contributed by atoms with E-state index in [2.05, 4.69) is 5.32 Å². The first-order valence-electron chi connectivity index (χ1n) is 8.82. The van der Waals surface area contributed by atoms with Gasteiger partial charge >= 0.3 is 12.4 Å². The lowest BCUT2D eigenvalue weighted by Gasteiger charge is -2.39. The number of carbonyl (C=O) groups excluding carboxylic acids is 1. The van der Waals surface area contributed by atoms with Crippen molar-refractivity contribution < 1.29 is 31.1 Å². The van der Waals surface area contributed by atoms with E-state index >= 15 is 0 Å². The minimum atomic E-state index is -4.92. The fourth-order valence-electron chi connectivity index (χ4n) is 3.67. The summed E-state index contributed by atoms with van der Waals surface area (Å²) in [5.74, 6) is -0.193. The van der Waals surface area contributed by atoms with E-state index in [0.29, 0.717) is 29.8 Å². The van der Waals surface area contributed by atoms with Gasteiger partial charge in [0.15, 0.2) is 0 Å². The van der Waals surface area contributed by atoms with Crippen LogP contribution in [-0.2, 0) is 17.1 Å². The zero-order chi connectivity index (χ0) is 21.6. The van der Waals surface area contributed by atoms with Crippen molar-refractivity contribution in [2.45, 2.75) is 44.7 Å². The molecule has 0 fully saturated rings. The number of benzene rings is 2. The van der Waals surface area contributed by atoms with Crippen LogP contribution in [0.5, 0.6) is 0 Å². The number of fused-ring (bicyclic) bond motifs is 1. The largest absolute Gasteiger partial charge is 0.416 e. The molecule has 156 valence electrons.